The van der Waals surface area contributed by atoms with Crippen molar-refractivity contribution in [2.24, 2.45) is 5.92 Å². The first-order valence-corrected chi connectivity index (χ1v) is 8.30. The van der Waals surface area contributed by atoms with Gasteiger partial charge in [0.15, 0.2) is 0 Å². The highest BCUT2D eigenvalue weighted by molar-refractivity contribution is 5.94. The fraction of sp³-hybridized carbons (Fsp3) is 0.368. The first kappa shape index (κ1) is 16.6. The normalized spacial score (nSPS) is 21.4. The maximum absolute atomic E-state index is 13.2. The standard InChI is InChI=1S/C19H22FN3O/c1-14-12-23(13-17-7-2-3-9-21-17)10-8-18(14)22-19(24)15-5-4-6-16(20)11-15/h2-7,9,11,14,18H,8,10,12-13H2,1H3,(H,22,24)/t14-,18+/m0/s1. The van der Waals surface area contributed by atoms with Gasteiger partial charge in [0.25, 0.3) is 5.91 Å². The zero-order valence-electron chi connectivity index (χ0n) is 13.8. The molecule has 5 heteroatoms. The highest BCUT2D eigenvalue weighted by Crippen LogP contribution is 2.19. The summed E-state index contributed by atoms with van der Waals surface area (Å²) in [5.74, 6) is -0.259. The molecule has 2 heterocycles. The van der Waals surface area contributed by atoms with Gasteiger partial charge in [-0.25, -0.2) is 4.39 Å². The Morgan fingerprint density at radius 1 is 1.33 bits per heavy atom. The van der Waals surface area contributed by atoms with E-state index in [9.17, 15) is 9.18 Å². The fourth-order valence-corrected chi connectivity index (χ4v) is 3.19. The molecule has 0 radical (unpaired) electrons. The second kappa shape index (κ2) is 7.53. The third kappa shape index (κ3) is 4.17. The minimum atomic E-state index is -0.388. The second-order valence-corrected chi connectivity index (χ2v) is 6.41. The maximum Gasteiger partial charge on any atom is 0.251 e. The summed E-state index contributed by atoms with van der Waals surface area (Å²) in [6, 6.07) is 11.9. The van der Waals surface area contributed by atoms with Crippen LogP contribution < -0.4 is 5.32 Å². The second-order valence-electron chi connectivity index (χ2n) is 6.41. The van der Waals surface area contributed by atoms with Gasteiger partial charge in [-0.15, -0.1) is 0 Å². The van der Waals surface area contributed by atoms with Crippen LogP contribution in [0.25, 0.3) is 0 Å². The van der Waals surface area contributed by atoms with Crippen LogP contribution >= 0.6 is 0 Å². The number of benzene rings is 1. The molecule has 1 N–H and O–H groups in total. The third-order valence-electron chi connectivity index (χ3n) is 4.50. The van der Waals surface area contributed by atoms with Crippen LogP contribution in [0.2, 0.25) is 0 Å². The number of halogens is 1. The van der Waals surface area contributed by atoms with E-state index >= 15 is 0 Å². The van der Waals surface area contributed by atoms with Gasteiger partial charge in [-0.2, -0.15) is 0 Å². The minimum absolute atomic E-state index is 0.112. The van der Waals surface area contributed by atoms with Gasteiger partial charge in [0, 0.05) is 37.4 Å². The molecule has 0 bridgehead atoms. The summed E-state index contributed by atoms with van der Waals surface area (Å²) in [7, 11) is 0. The summed E-state index contributed by atoms with van der Waals surface area (Å²) >= 11 is 0. The molecule has 0 unspecified atom stereocenters. The van der Waals surface area contributed by atoms with Crippen molar-refractivity contribution in [2.75, 3.05) is 13.1 Å². The van der Waals surface area contributed by atoms with Crippen molar-refractivity contribution < 1.29 is 9.18 Å². The molecule has 2 atom stereocenters. The van der Waals surface area contributed by atoms with E-state index in [0.717, 1.165) is 31.7 Å². The number of nitrogens with one attached hydrogen (secondary N) is 1. The zero-order valence-corrected chi connectivity index (χ0v) is 13.8. The van der Waals surface area contributed by atoms with Gasteiger partial charge in [-0.3, -0.25) is 14.7 Å². The van der Waals surface area contributed by atoms with Crippen LogP contribution in [0.1, 0.15) is 29.4 Å². The van der Waals surface area contributed by atoms with E-state index in [0.29, 0.717) is 11.5 Å². The quantitative estimate of drug-likeness (QED) is 0.939. The van der Waals surface area contributed by atoms with Crippen LogP contribution in [-0.4, -0.2) is 34.9 Å². The summed E-state index contributed by atoms with van der Waals surface area (Å²) in [5, 5.41) is 3.05. The van der Waals surface area contributed by atoms with Crippen molar-refractivity contribution in [3.8, 4) is 0 Å². The number of hydrogen-bond donors (Lipinski definition) is 1. The first-order chi connectivity index (χ1) is 11.6. The number of piperidine rings is 1. The lowest BCUT2D eigenvalue weighted by Gasteiger charge is -2.37. The first-order valence-electron chi connectivity index (χ1n) is 8.30. The monoisotopic (exact) mass is 327 g/mol. The molecule has 1 aliphatic heterocycles. The average molecular weight is 327 g/mol. The van der Waals surface area contributed by atoms with Crippen LogP contribution in [0.5, 0.6) is 0 Å². The summed E-state index contributed by atoms with van der Waals surface area (Å²) in [5.41, 5.74) is 1.44. The molecule has 126 valence electrons. The van der Waals surface area contributed by atoms with Gasteiger partial charge in [0.2, 0.25) is 0 Å². The van der Waals surface area contributed by atoms with Crippen molar-refractivity contribution >= 4 is 5.91 Å². The Balaban J connectivity index is 1.55. The number of aromatic nitrogens is 1. The lowest BCUT2D eigenvalue weighted by Crippen LogP contribution is -2.49. The molecule has 1 aromatic heterocycles. The predicted molar refractivity (Wildman–Crippen MR) is 90.9 cm³/mol. The number of hydrogen-bond acceptors (Lipinski definition) is 3. The Kier molecular flexibility index (Phi) is 5.20. The SMILES string of the molecule is C[C@H]1CN(Cc2ccccn2)CC[C@H]1NC(=O)c1cccc(F)c1. The molecule has 0 aliphatic carbocycles. The smallest absolute Gasteiger partial charge is 0.251 e. The van der Waals surface area contributed by atoms with Crippen molar-refractivity contribution in [3.05, 3.63) is 65.7 Å². The van der Waals surface area contributed by atoms with Gasteiger partial charge in [0.1, 0.15) is 5.82 Å². The summed E-state index contributed by atoms with van der Waals surface area (Å²) in [6.07, 6.45) is 2.69. The van der Waals surface area contributed by atoms with Gasteiger partial charge in [-0.1, -0.05) is 19.1 Å². The van der Waals surface area contributed by atoms with E-state index in [2.05, 4.69) is 22.1 Å². The van der Waals surface area contributed by atoms with Crippen molar-refractivity contribution in [1.29, 1.82) is 0 Å². The molecule has 1 fully saturated rings. The van der Waals surface area contributed by atoms with E-state index in [1.165, 1.54) is 12.1 Å². The van der Waals surface area contributed by atoms with Crippen LogP contribution in [0, 0.1) is 11.7 Å². The molecule has 1 amide bonds. The predicted octanol–water partition coefficient (Wildman–Crippen LogP) is 2.86. The Bertz CT molecular complexity index is 692. The van der Waals surface area contributed by atoms with Crippen molar-refractivity contribution in [3.63, 3.8) is 0 Å². The van der Waals surface area contributed by atoms with E-state index in [1.807, 2.05) is 24.4 Å². The van der Waals surface area contributed by atoms with Crippen molar-refractivity contribution in [1.82, 2.24) is 15.2 Å². The van der Waals surface area contributed by atoms with Crippen LogP contribution in [0.15, 0.2) is 48.7 Å². The lowest BCUT2D eigenvalue weighted by atomic mass is 9.93. The fourth-order valence-electron chi connectivity index (χ4n) is 3.19. The minimum Gasteiger partial charge on any atom is -0.349 e. The topological polar surface area (TPSA) is 45.2 Å². The number of pyridine rings is 1. The zero-order chi connectivity index (χ0) is 16.9. The van der Waals surface area contributed by atoms with Crippen LogP contribution in [0.3, 0.4) is 0 Å². The molecular formula is C19H22FN3O. The molecule has 1 saturated heterocycles. The number of carbonyl (C=O) groups excluding carboxylic acids is 1. The van der Waals surface area contributed by atoms with Gasteiger partial charge >= 0.3 is 0 Å². The number of rotatable bonds is 4. The Hall–Kier alpha value is -2.27. The largest absolute Gasteiger partial charge is 0.349 e. The maximum atomic E-state index is 13.2. The van der Waals surface area contributed by atoms with E-state index in [-0.39, 0.29) is 17.8 Å². The Morgan fingerprint density at radius 2 is 2.21 bits per heavy atom. The molecule has 0 saturated carbocycles. The summed E-state index contributed by atoms with van der Waals surface area (Å²) in [6.45, 7) is 4.79. The molecule has 2 aromatic rings. The highest BCUT2D eigenvalue weighted by Gasteiger charge is 2.27. The lowest BCUT2D eigenvalue weighted by molar-refractivity contribution is 0.0859. The number of nitrogens with zero attached hydrogens (tertiary/aromatic N) is 2. The molecule has 1 aromatic carbocycles. The molecule has 24 heavy (non-hydrogen) atoms. The van der Waals surface area contributed by atoms with E-state index in [4.69, 9.17) is 0 Å². The molecular weight excluding hydrogens is 305 g/mol. The molecule has 3 rings (SSSR count). The number of carbonyl (C=O) groups is 1. The molecule has 0 spiro atoms. The number of amides is 1. The van der Waals surface area contributed by atoms with Gasteiger partial charge in [0.05, 0.1) is 5.69 Å². The molecule has 1 aliphatic rings. The molecule has 4 nitrogen and oxygen atoms in total. The van der Waals surface area contributed by atoms with Crippen LogP contribution in [-0.2, 0) is 6.54 Å². The Labute approximate surface area is 141 Å². The summed E-state index contributed by atoms with van der Waals surface area (Å²) < 4.78 is 13.2. The summed E-state index contributed by atoms with van der Waals surface area (Å²) in [4.78, 5) is 19.0. The van der Waals surface area contributed by atoms with Crippen LogP contribution in [0.4, 0.5) is 4.39 Å². The average Bonchev–Trinajstić information content (AvgIpc) is 2.58. The van der Waals surface area contributed by atoms with Gasteiger partial charge < -0.3 is 5.32 Å². The number of likely N-dealkylation sites (tertiary alicyclic amines) is 1. The van der Waals surface area contributed by atoms with Gasteiger partial charge in [-0.05, 0) is 42.7 Å². The Morgan fingerprint density at radius 3 is 2.92 bits per heavy atom. The van der Waals surface area contributed by atoms with E-state index < -0.39 is 0 Å². The van der Waals surface area contributed by atoms with Crippen molar-refractivity contribution in [2.45, 2.75) is 25.9 Å². The van der Waals surface area contributed by atoms with E-state index in [1.54, 1.807) is 12.1 Å². The third-order valence-corrected chi connectivity index (χ3v) is 4.50. The highest BCUT2D eigenvalue weighted by atomic mass is 19.1.